The second-order valence-corrected chi connectivity index (χ2v) is 7.61. The largest absolute Gasteiger partial charge is 0.491 e. The molecular formula is C21H32N2O3. The summed E-state index contributed by atoms with van der Waals surface area (Å²) in [5.41, 5.74) is 2.17. The lowest BCUT2D eigenvalue weighted by atomic mass is 9.89. The minimum absolute atomic E-state index is 0.150. The first-order valence-corrected chi connectivity index (χ1v) is 9.97. The summed E-state index contributed by atoms with van der Waals surface area (Å²) < 4.78 is 11.2. The zero-order chi connectivity index (χ0) is 18.4. The van der Waals surface area contributed by atoms with Crippen LogP contribution in [0.1, 0.15) is 50.2 Å². The summed E-state index contributed by atoms with van der Waals surface area (Å²) >= 11 is 0. The van der Waals surface area contributed by atoms with Crippen molar-refractivity contribution >= 4 is 5.91 Å². The fourth-order valence-corrected chi connectivity index (χ4v) is 4.17. The normalized spacial score (nSPS) is 24.5. The molecule has 2 fully saturated rings. The Balaban J connectivity index is 1.47. The minimum atomic E-state index is 0.150. The first-order chi connectivity index (χ1) is 12.6. The lowest BCUT2D eigenvalue weighted by Gasteiger charge is -2.28. The maximum Gasteiger partial charge on any atom is 0.220 e. The molecule has 2 aliphatic heterocycles. The van der Waals surface area contributed by atoms with Crippen LogP contribution >= 0.6 is 0 Å². The van der Waals surface area contributed by atoms with Crippen LogP contribution < -0.4 is 15.4 Å². The van der Waals surface area contributed by atoms with Crippen LogP contribution in [-0.2, 0) is 16.1 Å². The van der Waals surface area contributed by atoms with Gasteiger partial charge in [0, 0.05) is 37.2 Å². The van der Waals surface area contributed by atoms with Gasteiger partial charge in [-0.3, -0.25) is 4.79 Å². The van der Waals surface area contributed by atoms with E-state index in [1.807, 2.05) is 26.0 Å². The highest BCUT2D eigenvalue weighted by molar-refractivity contribution is 5.76. The van der Waals surface area contributed by atoms with Crippen LogP contribution in [0.25, 0.3) is 0 Å². The van der Waals surface area contributed by atoms with Gasteiger partial charge in [0.05, 0.1) is 6.61 Å². The smallest absolute Gasteiger partial charge is 0.220 e. The second kappa shape index (κ2) is 9.38. The number of carbonyl (C=O) groups excluding carboxylic acids is 1. The predicted molar refractivity (Wildman–Crippen MR) is 102 cm³/mol. The Morgan fingerprint density at radius 3 is 2.73 bits per heavy atom. The van der Waals surface area contributed by atoms with Gasteiger partial charge in [-0.1, -0.05) is 12.1 Å². The number of benzene rings is 1. The first-order valence-electron chi connectivity index (χ1n) is 9.97. The number of carbonyl (C=O) groups is 1. The van der Waals surface area contributed by atoms with Crippen LogP contribution in [0.5, 0.6) is 5.75 Å². The number of hydrogen-bond acceptors (Lipinski definition) is 4. The quantitative estimate of drug-likeness (QED) is 0.665. The van der Waals surface area contributed by atoms with Gasteiger partial charge >= 0.3 is 0 Å². The molecule has 1 aromatic rings. The topological polar surface area (TPSA) is 59.6 Å². The summed E-state index contributed by atoms with van der Waals surface area (Å²) in [4.78, 5) is 12.4. The van der Waals surface area contributed by atoms with Crippen LogP contribution in [0, 0.1) is 12.8 Å². The molecule has 2 bridgehead atoms. The van der Waals surface area contributed by atoms with Gasteiger partial charge in [0.15, 0.2) is 0 Å². The van der Waals surface area contributed by atoms with Gasteiger partial charge in [-0.05, 0) is 57.1 Å². The van der Waals surface area contributed by atoms with E-state index >= 15 is 0 Å². The van der Waals surface area contributed by atoms with E-state index in [1.165, 1.54) is 12.8 Å². The average Bonchev–Trinajstić information content (AvgIpc) is 2.96. The Hall–Kier alpha value is -1.59. The van der Waals surface area contributed by atoms with Crippen molar-refractivity contribution in [3.8, 4) is 5.75 Å². The van der Waals surface area contributed by atoms with Crippen LogP contribution in [0.15, 0.2) is 18.2 Å². The van der Waals surface area contributed by atoms with Gasteiger partial charge < -0.3 is 20.1 Å². The van der Waals surface area contributed by atoms with Crippen molar-refractivity contribution in [2.24, 2.45) is 5.92 Å². The average molecular weight is 360 g/mol. The molecular weight excluding hydrogens is 328 g/mol. The van der Waals surface area contributed by atoms with E-state index in [9.17, 15) is 4.79 Å². The second-order valence-electron chi connectivity index (χ2n) is 7.61. The highest BCUT2D eigenvalue weighted by Gasteiger charge is 2.34. The molecule has 1 aromatic carbocycles. The molecule has 3 rings (SSSR count). The molecule has 0 aliphatic carbocycles. The molecule has 144 valence electrons. The molecule has 5 heteroatoms. The van der Waals surface area contributed by atoms with Gasteiger partial charge in [-0.25, -0.2) is 0 Å². The van der Waals surface area contributed by atoms with Gasteiger partial charge in [0.2, 0.25) is 5.91 Å². The monoisotopic (exact) mass is 360 g/mol. The molecule has 2 atom stereocenters. The molecule has 2 N–H and O–H groups in total. The molecule has 2 aliphatic rings. The number of piperidine rings is 1. The van der Waals surface area contributed by atoms with Gasteiger partial charge in [-0.2, -0.15) is 0 Å². The fraction of sp³-hybridized carbons (Fsp3) is 0.667. The summed E-state index contributed by atoms with van der Waals surface area (Å²) in [6.07, 6.45) is 5.46. The van der Waals surface area contributed by atoms with Crippen LogP contribution in [-0.4, -0.2) is 37.8 Å². The highest BCUT2D eigenvalue weighted by Crippen LogP contribution is 2.32. The number of hydrogen-bond donors (Lipinski definition) is 2. The summed E-state index contributed by atoms with van der Waals surface area (Å²) in [5.74, 6) is 1.51. The van der Waals surface area contributed by atoms with Crippen LogP contribution in [0.4, 0.5) is 0 Å². The molecule has 1 amide bonds. The SMILES string of the molecule is CCOCCOc1cc(C)ccc1CNC(=O)CC1CC2CCC(C1)N2. The van der Waals surface area contributed by atoms with Crippen molar-refractivity contribution in [1.82, 2.24) is 10.6 Å². The third-order valence-electron chi connectivity index (χ3n) is 5.43. The Labute approximate surface area is 156 Å². The molecule has 2 unspecified atom stereocenters. The lowest BCUT2D eigenvalue weighted by molar-refractivity contribution is -0.122. The maximum absolute atomic E-state index is 12.4. The Morgan fingerprint density at radius 1 is 1.23 bits per heavy atom. The highest BCUT2D eigenvalue weighted by atomic mass is 16.5. The minimum Gasteiger partial charge on any atom is -0.491 e. The van der Waals surface area contributed by atoms with E-state index < -0.39 is 0 Å². The third-order valence-corrected chi connectivity index (χ3v) is 5.43. The molecule has 0 radical (unpaired) electrons. The predicted octanol–water partition coefficient (Wildman–Crippen LogP) is 2.95. The van der Waals surface area contributed by atoms with Crippen LogP contribution in [0.3, 0.4) is 0 Å². The lowest BCUT2D eigenvalue weighted by Crippen LogP contribution is -2.39. The van der Waals surface area contributed by atoms with Gasteiger partial charge in [0.1, 0.15) is 12.4 Å². The maximum atomic E-state index is 12.4. The molecule has 0 saturated carbocycles. The van der Waals surface area contributed by atoms with E-state index in [2.05, 4.69) is 16.7 Å². The number of fused-ring (bicyclic) bond motifs is 2. The Morgan fingerprint density at radius 2 is 2.00 bits per heavy atom. The molecule has 2 saturated heterocycles. The zero-order valence-electron chi connectivity index (χ0n) is 16.1. The van der Waals surface area contributed by atoms with E-state index in [1.54, 1.807) is 0 Å². The summed E-state index contributed by atoms with van der Waals surface area (Å²) in [5, 5.41) is 6.72. The summed E-state index contributed by atoms with van der Waals surface area (Å²) in [6, 6.07) is 7.39. The molecule has 0 spiro atoms. The van der Waals surface area contributed by atoms with Crippen molar-refractivity contribution < 1.29 is 14.3 Å². The molecule has 26 heavy (non-hydrogen) atoms. The number of amides is 1. The molecule has 5 nitrogen and oxygen atoms in total. The van der Waals surface area contributed by atoms with E-state index in [-0.39, 0.29) is 5.91 Å². The van der Waals surface area contributed by atoms with E-state index in [4.69, 9.17) is 9.47 Å². The Bertz CT molecular complexity index is 593. The summed E-state index contributed by atoms with van der Waals surface area (Å²) in [6.45, 7) is 6.33. The third kappa shape index (κ3) is 5.45. The van der Waals surface area contributed by atoms with Gasteiger partial charge in [-0.15, -0.1) is 0 Å². The van der Waals surface area contributed by atoms with E-state index in [0.29, 0.717) is 50.8 Å². The standard InChI is InChI=1S/C21H32N2O3/c1-3-25-8-9-26-20-10-15(2)4-5-17(20)14-22-21(24)13-16-11-18-6-7-19(12-16)23-18/h4-5,10,16,18-19,23H,3,6-9,11-14H2,1-2H3,(H,22,24). The van der Waals surface area contributed by atoms with Gasteiger partial charge in [0.25, 0.3) is 0 Å². The Kier molecular flexibility index (Phi) is 6.92. The molecule has 2 heterocycles. The van der Waals surface area contributed by atoms with Crippen molar-refractivity contribution in [3.63, 3.8) is 0 Å². The van der Waals surface area contributed by atoms with Crippen molar-refractivity contribution in [3.05, 3.63) is 29.3 Å². The summed E-state index contributed by atoms with van der Waals surface area (Å²) in [7, 11) is 0. The van der Waals surface area contributed by atoms with Crippen LogP contribution in [0.2, 0.25) is 0 Å². The van der Waals surface area contributed by atoms with Crippen molar-refractivity contribution in [1.29, 1.82) is 0 Å². The zero-order valence-corrected chi connectivity index (χ0v) is 16.1. The van der Waals surface area contributed by atoms with Crippen molar-refractivity contribution in [2.75, 3.05) is 19.8 Å². The number of aryl methyl sites for hydroxylation is 1. The number of nitrogens with one attached hydrogen (secondary N) is 2. The van der Waals surface area contributed by atoms with Crippen molar-refractivity contribution in [2.45, 2.75) is 64.6 Å². The number of rotatable bonds is 9. The number of ether oxygens (including phenoxy) is 2. The molecule has 0 aromatic heterocycles. The fourth-order valence-electron chi connectivity index (χ4n) is 4.17. The first kappa shape index (κ1) is 19.2. The van der Waals surface area contributed by atoms with E-state index in [0.717, 1.165) is 29.7 Å².